The summed E-state index contributed by atoms with van der Waals surface area (Å²) in [5.74, 6) is 0.167. The molecule has 0 aromatic heterocycles. The van der Waals surface area contributed by atoms with Crippen molar-refractivity contribution in [3.8, 4) is 0 Å². The molecule has 2 aromatic carbocycles. The van der Waals surface area contributed by atoms with Gasteiger partial charge in [0.25, 0.3) is 0 Å². The van der Waals surface area contributed by atoms with Crippen LogP contribution >= 0.6 is 0 Å². The van der Waals surface area contributed by atoms with Crippen molar-refractivity contribution < 1.29 is 4.79 Å². The van der Waals surface area contributed by atoms with Crippen LogP contribution in [0.25, 0.3) is 5.57 Å². The van der Waals surface area contributed by atoms with Gasteiger partial charge < -0.3 is 4.90 Å². The van der Waals surface area contributed by atoms with Crippen LogP contribution in [0.3, 0.4) is 0 Å². The van der Waals surface area contributed by atoms with Crippen LogP contribution in [-0.4, -0.2) is 16.8 Å². The molecule has 0 aliphatic heterocycles. The molecule has 0 N–H and O–H groups in total. The van der Waals surface area contributed by atoms with Crippen molar-refractivity contribution >= 4 is 11.5 Å². The molecule has 1 fully saturated rings. The summed E-state index contributed by atoms with van der Waals surface area (Å²) in [7, 11) is 0. The quantitative estimate of drug-likeness (QED) is 0.744. The number of hydrogen-bond donors (Lipinski definition) is 0. The minimum Gasteiger partial charge on any atom is -0.329 e. The maximum absolute atomic E-state index is 13.1. The maximum Gasteiger partial charge on any atom is 0.247 e. The predicted molar refractivity (Wildman–Crippen MR) is 97.5 cm³/mol. The Bertz CT molecular complexity index is 774. The highest BCUT2D eigenvalue weighted by molar-refractivity contribution is 5.95. The maximum atomic E-state index is 13.1. The fourth-order valence-electron chi connectivity index (χ4n) is 3.81. The Morgan fingerprint density at radius 1 is 1.00 bits per heavy atom. The molecule has 2 aliphatic rings. The van der Waals surface area contributed by atoms with Gasteiger partial charge in [-0.1, -0.05) is 54.6 Å². The molecule has 1 saturated carbocycles. The summed E-state index contributed by atoms with van der Waals surface area (Å²) in [4.78, 5) is 15.2. The zero-order valence-corrected chi connectivity index (χ0v) is 14.1. The zero-order valence-electron chi connectivity index (χ0n) is 14.1. The number of amides is 1. The number of carbonyl (C=O) groups is 1. The zero-order chi connectivity index (χ0) is 16.5. The van der Waals surface area contributed by atoms with E-state index in [1.807, 2.05) is 31.2 Å². The second-order valence-electron chi connectivity index (χ2n) is 6.92. The summed E-state index contributed by atoms with van der Waals surface area (Å²) >= 11 is 0. The summed E-state index contributed by atoms with van der Waals surface area (Å²) in [6.07, 6.45) is 6.25. The molecule has 1 amide bonds. The molecule has 0 heterocycles. The number of aryl methyl sites for hydroxylation is 1. The van der Waals surface area contributed by atoms with Crippen molar-refractivity contribution in [1.29, 1.82) is 0 Å². The van der Waals surface area contributed by atoms with Crippen LogP contribution in [0.1, 0.15) is 48.9 Å². The van der Waals surface area contributed by atoms with Gasteiger partial charge in [0.2, 0.25) is 5.91 Å². The second kappa shape index (κ2) is 6.27. The first-order valence-corrected chi connectivity index (χ1v) is 8.88. The van der Waals surface area contributed by atoms with Crippen molar-refractivity contribution in [3.63, 3.8) is 0 Å². The van der Waals surface area contributed by atoms with E-state index in [9.17, 15) is 4.79 Å². The average Bonchev–Trinajstić information content (AvgIpc) is 3.36. The minimum atomic E-state index is 0.167. The van der Waals surface area contributed by atoms with Gasteiger partial charge in [0.1, 0.15) is 0 Å². The smallest absolute Gasteiger partial charge is 0.247 e. The van der Waals surface area contributed by atoms with Crippen molar-refractivity contribution in [2.75, 3.05) is 0 Å². The molecule has 2 heteroatoms. The lowest BCUT2D eigenvalue weighted by molar-refractivity contribution is -0.129. The van der Waals surface area contributed by atoms with Gasteiger partial charge in [-0.25, -0.2) is 0 Å². The standard InChI is InChI=1S/C22H23NO/c1-16(17-7-3-2-4-8-17)15-22(24)23(19-12-13-19)21-14-11-18-9-5-6-10-20(18)21/h2-10,15,19,21H,11-14H2,1H3/b16-15+. The van der Waals surface area contributed by atoms with Crippen molar-refractivity contribution in [2.45, 2.75) is 44.7 Å². The molecule has 4 rings (SSSR count). The lowest BCUT2D eigenvalue weighted by Crippen LogP contribution is -2.34. The summed E-state index contributed by atoms with van der Waals surface area (Å²) < 4.78 is 0. The number of rotatable bonds is 4. The van der Waals surface area contributed by atoms with E-state index in [2.05, 4.69) is 41.3 Å². The molecule has 0 saturated heterocycles. The number of carbonyl (C=O) groups excluding carboxylic acids is 1. The molecule has 1 atom stereocenters. The Balaban J connectivity index is 1.62. The Labute approximate surface area is 143 Å². The molecule has 122 valence electrons. The van der Waals surface area contributed by atoms with Crippen LogP contribution in [-0.2, 0) is 11.2 Å². The third-order valence-electron chi connectivity index (χ3n) is 5.20. The third kappa shape index (κ3) is 2.89. The highest BCUT2D eigenvalue weighted by Gasteiger charge is 2.39. The second-order valence-corrected chi connectivity index (χ2v) is 6.92. The Morgan fingerprint density at radius 3 is 2.46 bits per heavy atom. The first kappa shape index (κ1) is 15.2. The number of hydrogen-bond acceptors (Lipinski definition) is 1. The minimum absolute atomic E-state index is 0.167. The average molecular weight is 317 g/mol. The molecule has 2 nitrogen and oxygen atoms in total. The normalized spacial score (nSPS) is 19.9. The lowest BCUT2D eigenvalue weighted by Gasteiger charge is -2.29. The van der Waals surface area contributed by atoms with Crippen LogP contribution in [0.2, 0.25) is 0 Å². The number of fused-ring (bicyclic) bond motifs is 1. The van der Waals surface area contributed by atoms with E-state index in [0.29, 0.717) is 6.04 Å². The topological polar surface area (TPSA) is 20.3 Å². The van der Waals surface area contributed by atoms with Gasteiger partial charge in [-0.2, -0.15) is 0 Å². The van der Waals surface area contributed by atoms with E-state index < -0.39 is 0 Å². The third-order valence-corrected chi connectivity index (χ3v) is 5.20. The summed E-state index contributed by atoms with van der Waals surface area (Å²) in [5, 5.41) is 0. The predicted octanol–water partition coefficient (Wildman–Crippen LogP) is 4.77. The molecule has 2 aromatic rings. The molecule has 1 unspecified atom stereocenters. The van der Waals surface area contributed by atoms with Gasteiger partial charge in [0, 0.05) is 12.1 Å². The monoisotopic (exact) mass is 317 g/mol. The number of nitrogens with zero attached hydrogens (tertiary/aromatic N) is 1. The van der Waals surface area contributed by atoms with E-state index in [0.717, 1.165) is 36.8 Å². The summed E-state index contributed by atoms with van der Waals surface area (Å²) in [6.45, 7) is 2.03. The van der Waals surface area contributed by atoms with Gasteiger partial charge in [0.05, 0.1) is 6.04 Å². The molecule has 0 spiro atoms. The highest BCUT2D eigenvalue weighted by atomic mass is 16.2. The van der Waals surface area contributed by atoms with Crippen molar-refractivity contribution in [3.05, 3.63) is 77.4 Å². The largest absolute Gasteiger partial charge is 0.329 e. The van der Waals surface area contributed by atoms with E-state index >= 15 is 0 Å². The number of allylic oxidation sites excluding steroid dienone is 1. The Morgan fingerprint density at radius 2 is 1.71 bits per heavy atom. The molecule has 0 radical (unpaired) electrons. The Kier molecular flexibility index (Phi) is 3.97. The van der Waals surface area contributed by atoms with Gasteiger partial charge in [0.15, 0.2) is 0 Å². The fraction of sp³-hybridized carbons (Fsp3) is 0.318. The van der Waals surface area contributed by atoms with E-state index in [-0.39, 0.29) is 11.9 Å². The summed E-state index contributed by atoms with van der Waals surface area (Å²) in [6, 6.07) is 19.4. The van der Waals surface area contributed by atoms with E-state index in [4.69, 9.17) is 0 Å². The van der Waals surface area contributed by atoms with Crippen LogP contribution in [0.4, 0.5) is 0 Å². The number of benzene rings is 2. The lowest BCUT2D eigenvalue weighted by atomic mass is 10.0. The van der Waals surface area contributed by atoms with Gasteiger partial charge in [-0.05, 0) is 54.9 Å². The van der Waals surface area contributed by atoms with Crippen LogP contribution in [0.15, 0.2) is 60.7 Å². The van der Waals surface area contributed by atoms with Crippen LogP contribution < -0.4 is 0 Å². The SMILES string of the molecule is C/C(=C\C(=O)N(C1CC1)C1CCc2ccccc21)c1ccccc1. The van der Waals surface area contributed by atoms with Crippen molar-refractivity contribution in [1.82, 2.24) is 4.90 Å². The molecular weight excluding hydrogens is 294 g/mol. The first-order valence-electron chi connectivity index (χ1n) is 8.88. The fourth-order valence-corrected chi connectivity index (χ4v) is 3.81. The van der Waals surface area contributed by atoms with Gasteiger partial charge in [-0.15, -0.1) is 0 Å². The summed E-state index contributed by atoms with van der Waals surface area (Å²) in [5.41, 5.74) is 4.92. The van der Waals surface area contributed by atoms with E-state index in [1.165, 1.54) is 11.1 Å². The van der Waals surface area contributed by atoms with Gasteiger partial charge in [-0.3, -0.25) is 4.79 Å². The van der Waals surface area contributed by atoms with Gasteiger partial charge >= 0.3 is 0 Å². The molecular formula is C22H23NO. The first-order chi connectivity index (χ1) is 11.7. The van der Waals surface area contributed by atoms with Crippen LogP contribution in [0, 0.1) is 0 Å². The molecule has 2 aliphatic carbocycles. The Hall–Kier alpha value is -2.35. The molecule has 0 bridgehead atoms. The van der Waals surface area contributed by atoms with Crippen LogP contribution in [0.5, 0.6) is 0 Å². The van der Waals surface area contributed by atoms with Crippen molar-refractivity contribution in [2.24, 2.45) is 0 Å². The highest BCUT2D eigenvalue weighted by Crippen LogP contribution is 2.42. The molecule has 24 heavy (non-hydrogen) atoms. The van der Waals surface area contributed by atoms with E-state index in [1.54, 1.807) is 0 Å².